The number of nitrogens with zero attached hydrogens (tertiary/aromatic N) is 1. The van der Waals surface area contributed by atoms with Crippen LogP contribution >= 0.6 is 22.9 Å². The number of aromatic nitrogens is 1. The van der Waals surface area contributed by atoms with Crippen molar-refractivity contribution in [2.75, 3.05) is 0 Å². The van der Waals surface area contributed by atoms with Crippen molar-refractivity contribution in [1.29, 1.82) is 0 Å². The van der Waals surface area contributed by atoms with E-state index in [-0.39, 0.29) is 0 Å². The van der Waals surface area contributed by atoms with Gasteiger partial charge in [0, 0.05) is 10.9 Å². The first-order chi connectivity index (χ1) is 7.20. The molecule has 0 aliphatic rings. The van der Waals surface area contributed by atoms with Gasteiger partial charge in [-0.2, -0.15) is 0 Å². The fourth-order valence-corrected chi connectivity index (χ4v) is 2.68. The quantitative estimate of drug-likeness (QED) is 0.715. The summed E-state index contributed by atoms with van der Waals surface area (Å²) in [6.45, 7) is 4.22. The third-order valence-corrected chi connectivity index (χ3v) is 3.50. The third kappa shape index (κ3) is 2.21. The van der Waals surface area contributed by atoms with E-state index in [1.54, 1.807) is 11.3 Å². The lowest BCUT2D eigenvalue weighted by Gasteiger charge is -2.02. The van der Waals surface area contributed by atoms with E-state index >= 15 is 0 Å². The molecule has 0 fully saturated rings. The Bertz CT molecular complexity index is 476. The lowest BCUT2D eigenvalue weighted by molar-refractivity contribution is 1.22. The SMILES string of the molecule is Cc1ccc(-c2nc(CCl)cs2)c(C)c1. The zero-order valence-corrected chi connectivity index (χ0v) is 10.3. The number of aryl methyl sites for hydroxylation is 2. The van der Waals surface area contributed by atoms with Gasteiger partial charge in [0.1, 0.15) is 5.01 Å². The van der Waals surface area contributed by atoms with Crippen molar-refractivity contribution in [3.05, 3.63) is 40.4 Å². The molecule has 3 heteroatoms. The van der Waals surface area contributed by atoms with Gasteiger partial charge in [0.25, 0.3) is 0 Å². The van der Waals surface area contributed by atoms with E-state index in [1.165, 1.54) is 16.7 Å². The molecule has 1 nitrogen and oxygen atoms in total. The molecular weight excluding hydrogens is 226 g/mol. The molecule has 0 saturated carbocycles. The molecule has 0 radical (unpaired) electrons. The van der Waals surface area contributed by atoms with Gasteiger partial charge >= 0.3 is 0 Å². The van der Waals surface area contributed by atoms with Crippen LogP contribution in [0.25, 0.3) is 10.6 Å². The first kappa shape index (κ1) is 10.7. The van der Waals surface area contributed by atoms with E-state index in [0.29, 0.717) is 5.88 Å². The van der Waals surface area contributed by atoms with Gasteiger partial charge in [-0.25, -0.2) is 4.98 Å². The Morgan fingerprint density at radius 3 is 2.73 bits per heavy atom. The second-order valence-corrected chi connectivity index (χ2v) is 4.72. The summed E-state index contributed by atoms with van der Waals surface area (Å²) in [5.74, 6) is 0.488. The summed E-state index contributed by atoms with van der Waals surface area (Å²) < 4.78 is 0. The van der Waals surface area contributed by atoms with Crippen molar-refractivity contribution in [2.45, 2.75) is 19.7 Å². The maximum atomic E-state index is 5.74. The second kappa shape index (κ2) is 4.33. The van der Waals surface area contributed by atoms with E-state index in [4.69, 9.17) is 11.6 Å². The minimum atomic E-state index is 0.488. The number of rotatable bonds is 2. The Balaban J connectivity index is 2.44. The van der Waals surface area contributed by atoms with Gasteiger partial charge in [-0.05, 0) is 19.4 Å². The predicted molar refractivity (Wildman–Crippen MR) is 66.6 cm³/mol. The van der Waals surface area contributed by atoms with E-state index < -0.39 is 0 Å². The molecule has 0 saturated heterocycles. The van der Waals surface area contributed by atoms with Crippen LogP contribution in [0, 0.1) is 13.8 Å². The molecule has 78 valence electrons. The zero-order valence-electron chi connectivity index (χ0n) is 8.75. The minimum absolute atomic E-state index is 0.488. The van der Waals surface area contributed by atoms with Crippen LogP contribution < -0.4 is 0 Å². The maximum Gasteiger partial charge on any atom is 0.123 e. The number of hydrogen-bond donors (Lipinski definition) is 0. The molecule has 1 aromatic heterocycles. The van der Waals surface area contributed by atoms with Gasteiger partial charge in [-0.3, -0.25) is 0 Å². The summed E-state index contributed by atoms with van der Waals surface area (Å²) >= 11 is 7.39. The summed E-state index contributed by atoms with van der Waals surface area (Å²) in [7, 11) is 0. The molecule has 1 aromatic carbocycles. The van der Waals surface area contributed by atoms with E-state index in [1.807, 2.05) is 5.38 Å². The maximum absolute atomic E-state index is 5.74. The second-order valence-electron chi connectivity index (χ2n) is 3.60. The number of thiazole rings is 1. The monoisotopic (exact) mass is 237 g/mol. The van der Waals surface area contributed by atoms with Crippen LogP contribution in [0.4, 0.5) is 0 Å². The van der Waals surface area contributed by atoms with Gasteiger partial charge in [0.05, 0.1) is 11.6 Å². The number of hydrogen-bond acceptors (Lipinski definition) is 2. The predicted octanol–water partition coefficient (Wildman–Crippen LogP) is 4.17. The highest BCUT2D eigenvalue weighted by atomic mass is 35.5. The molecule has 2 rings (SSSR count). The Morgan fingerprint density at radius 2 is 2.13 bits per heavy atom. The van der Waals surface area contributed by atoms with Crippen LogP contribution in [0.3, 0.4) is 0 Å². The average molecular weight is 238 g/mol. The number of alkyl halides is 1. The Kier molecular flexibility index (Phi) is 3.08. The molecule has 15 heavy (non-hydrogen) atoms. The van der Waals surface area contributed by atoms with Crippen molar-refractivity contribution in [2.24, 2.45) is 0 Å². The highest BCUT2D eigenvalue weighted by Gasteiger charge is 2.06. The van der Waals surface area contributed by atoms with Crippen LogP contribution in [0.1, 0.15) is 16.8 Å². The van der Waals surface area contributed by atoms with Crippen LogP contribution in [0.15, 0.2) is 23.6 Å². The summed E-state index contributed by atoms with van der Waals surface area (Å²) in [6.07, 6.45) is 0. The Morgan fingerprint density at radius 1 is 1.33 bits per heavy atom. The van der Waals surface area contributed by atoms with Crippen molar-refractivity contribution >= 4 is 22.9 Å². The number of halogens is 1. The van der Waals surface area contributed by atoms with Crippen LogP contribution in [0.5, 0.6) is 0 Å². The summed E-state index contributed by atoms with van der Waals surface area (Å²) in [4.78, 5) is 4.48. The van der Waals surface area contributed by atoms with E-state index in [2.05, 4.69) is 37.0 Å². The first-order valence-corrected chi connectivity index (χ1v) is 6.20. The highest BCUT2D eigenvalue weighted by Crippen LogP contribution is 2.27. The Hall–Kier alpha value is -0.860. The first-order valence-electron chi connectivity index (χ1n) is 4.78. The summed E-state index contributed by atoms with van der Waals surface area (Å²) in [6, 6.07) is 6.42. The molecule has 1 heterocycles. The molecule has 0 aliphatic heterocycles. The molecule has 2 aromatic rings. The lowest BCUT2D eigenvalue weighted by Crippen LogP contribution is -1.84. The number of benzene rings is 1. The normalized spacial score (nSPS) is 10.6. The lowest BCUT2D eigenvalue weighted by atomic mass is 10.1. The average Bonchev–Trinajstić information content (AvgIpc) is 2.66. The standard InChI is InChI=1S/C12H12ClNS/c1-8-3-4-11(9(2)5-8)12-14-10(6-13)7-15-12/h3-5,7H,6H2,1-2H3. The molecule has 0 atom stereocenters. The summed E-state index contributed by atoms with van der Waals surface area (Å²) in [5.41, 5.74) is 4.72. The molecule has 0 aliphatic carbocycles. The smallest absolute Gasteiger partial charge is 0.123 e. The Labute approximate surface area is 98.7 Å². The van der Waals surface area contributed by atoms with Gasteiger partial charge in [-0.15, -0.1) is 22.9 Å². The summed E-state index contributed by atoms with van der Waals surface area (Å²) in [5, 5.41) is 3.07. The van der Waals surface area contributed by atoms with Crippen molar-refractivity contribution in [3.8, 4) is 10.6 Å². The molecule has 0 amide bonds. The van der Waals surface area contributed by atoms with Crippen LogP contribution in [-0.2, 0) is 5.88 Å². The third-order valence-electron chi connectivity index (χ3n) is 2.30. The van der Waals surface area contributed by atoms with E-state index in [9.17, 15) is 0 Å². The van der Waals surface area contributed by atoms with Crippen LogP contribution in [0.2, 0.25) is 0 Å². The topological polar surface area (TPSA) is 12.9 Å². The van der Waals surface area contributed by atoms with Crippen molar-refractivity contribution in [1.82, 2.24) is 4.98 Å². The van der Waals surface area contributed by atoms with Gasteiger partial charge in [-0.1, -0.05) is 23.8 Å². The highest BCUT2D eigenvalue weighted by molar-refractivity contribution is 7.13. The fourth-order valence-electron chi connectivity index (χ4n) is 1.55. The van der Waals surface area contributed by atoms with Crippen LogP contribution in [-0.4, -0.2) is 4.98 Å². The molecule has 0 bridgehead atoms. The minimum Gasteiger partial charge on any atom is -0.240 e. The van der Waals surface area contributed by atoms with Gasteiger partial charge < -0.3 is 0 Å². The molecule has 0 unspecified atom stereocenters. The van der Waals surface area contributed by atoms with Crippen molar-refractivity contribution < 1.29 is 0 Å². The molecule has 0 spiro atoms. The van der Waals surface area contributed by atoms with Gasteiger partial charge in [0.2, 0.25) is 0 Å². The largest absolute Gasteiger partial charge is 0.240 e. The fraction of sp³-hybridized carbons (Fsp3) is 0.250. The zero-order chi connectivity index (χ0) is 10.8. The van der Waals surface area contributed by atoms with E-state index in [0.717, 1.165) is 10.7 Å². The molecule has 0 N–H and O–H groups in total. The van der Waals surface area contributed by atoms with Gasteiger partial charge in [0.15, 0.2) is 0 Å². The van der Waals surface area contributed by atoms with Crippen molar-refractivity contribution in [3.63, 3.8) is 0 Å². The molecular formula is C12H12ClNS.